The average molecular weight is 275 g/mol. The summed E-state index contributed by atoms with van der Waals surface area (Å²) in [6, 6.07) is 7.43. The monoisotopic (exact) mass is 275 g/mol. The van der Waals surface area contributed by atoms with Crippen LogP contribution in [-0.2, 0) is 16.0 Å². The number of carboxylic acid groups (broad SMARTS) is 1. The van der Waals surface area contributed by atoms with E-state index in [1.807, 2.05) is 24.3 Å². The minimum Gasteiger partial charge on any atom is -0.481 e. The first-order chi connectivity index (χ1) is 9.65. The van der Waals surface area contributed by atoms with Gasteiger partial charge in [0.2, 0.25) is 5.91 Å². The zero-order valence-corrected chi connectivity index (χ0v) is 11.6. The van der Waals surface area contributed by atoms with Crippen LogP contribution in [0.3, 0.4) is 0 Å². The van der Waals surface area contributed by atoms with Crippen LogP contribution in [-0.4, -0.2) is 17.0 Å². The van der Waals surface area contributed by atoms with Gasteiger partial charge in [0.1, 0.15) is 0 Å². The normalized spacial score (nSPS) is 15.2. The number of carboxylic acids is 1. The highest BCUT2D eigenvalue weighted by Crippen LogP contribution is 2.28. The Morgan fingerprint density at radius 1 is 1.20 bits per heavy atom. The summed E-state index contributed by atoms with van der Waals surface area (Å²) >= 11 is 0. The Kier molecular flexibility index (Phi) is 5.16. The number of rotatable bonds is 6. The SMILES string of the molecule is O=C(O)CCc1ccccc1NC(=O)CC1CCCC1. The molecule has 2 N–H and O–H groups in total. The molecule has 0 aromatic heterocycles. The third-order valence-corrected chi connectivity index (χ3v) is 3.85. The van der Waals surface area contributed by atoms with Gasteiger partial charge in [-0.05, 0) is 36.8 Å². The maximum absolute atomic E-state index is 12.0. The molecule has 0 saturated heterocycles. The second kappa shape index (κ2) is 7.08. The third kappa shape index (κ3) is 4.37. The van der Waals surface area contributed by atoms with Gasteiger partial charge in [-0.25, -0.2) is 0 Å². The van der Waals surface area contributed by atoms with Crippen LogP contribution in [0.2, 0.25) is 0 Å². The fourth-order valence-electron chi connectivity index (χ4n) is 2.78. The van der Waals surface area contributed by atoms with E-state index in [-0.39, 0.29) is 12.3 Å². The molecule has 1 amide bonds. The molecule has 0 radical (unpaired) electrons. The molecule has 108 valence electrons. The summed E-state index contributed by atoms with van der Waals surface area (Å²) in [6.45, 7) is 0. The minimum absolute atomic E-state index is 0.0414. The van der Waals surface area contributed by atoms with Crippen LogP contribution in [0.15, 0.2) is 24.3 Å². The molecule has 1 aliphatic rings. The number of hydrogen-bond donors (Lipinski definition) is 2. The summed E-state index contributed by atoms with van der Waals surface area (Å²) in [7, 11) is 0. The van der Waals surface area contributed by atoms with E-state index in [4.69, 9.17) is 5.11 Å². The topological polar surface area (TPSA) is 66.4 Å². The summed E-state index contributed by atoms with van der Waals surface area (Å²) in [4.78, 5) is 22.7. The summed E-state index contributed by atoms with van der Waals surface area (Å²) in [5.41, 5.74) is 1.63. The largest absolute Gasteiger partial charge is 0.481 e. The molecule has 0 spiro atoms. The van der Waals surface area contributed by atoms with Crippen LogP contribution >= 0.6 is 0 Å². The van der Waals surface area contributed by atoms with Crippen LogP contribution in [0.25, 0.3) is 0 Å². The van der Waals surface area contributed by atoms with Crippen molar-refractivity contribution < 1.29 is 14.7 Å². The number of hydrogen-bond acceptors (Lipinski definition) is 2. The molecule has 1 aromatic rings. The maximum Gasteiger partial charge on any atom is 0.303 e. The molecule has 4 nitrogen and oxygen atoms in total. The van der Waals surface area contributed by atoms with Crippen molar-refractivity contribution in [2.75, 3.05) is 5.32 Å². The second-order valence-corrected chi connectivity index (χ2v) is 5.45. The van der Waals surface area contributed by atoms with Gasteiger partial charge >= 0.3 is 5.97 Å². The Morgan fingerprint density at radius 2 is 1.90 bits per heavy atom. The van der Waals surface area contributed by atoms with Crippen molar-refractivity contribution in [2.24, 2.45) is 5.92 Å². The molecular weight excluding hydrogens is 254 g/mol. The fraction of sp³-hybridized carbons (Fsp3) is 0.500. The first-order valence-corrected chi connectivity index (χ1v) is 7.24. The molecule has 0 unspecified atom stereocenters. The lowest BCUT2D eigenvalue weighted by atomic mass is 10.0. The second-order valence-electron chi connectivity index (χ2n) is 5.45. The summed E-state index contributed by atoms with van der Waals surface area (Å²) in [5.74, 6) is -0.266. The van der Waals surface area contributed by atoms with Crippen molar-refractivity contribution in [1.29, 1.82) is 0 Å². The van der Waals surface area contributed by atoms with Crippen LogP contribution in [0.4, 0.5) is 5.69 Å². The Labute approximate surface area is 119 Å². The summed E-state index contributed by atoms with van der Waals surface area (Å²) in [6.07, 6.45) is 5.85. The predicted molar refractivity (Wildman–Crippen MR) is 77.6 cm³/mol. The molecule has 1 fully saturated rings. The molecule has 20 heavy (non-hydrogen) atoms. The molecule has 0 atom stereocenters. The van der Waals surface area contributed by atoms with Crippen molar-refractivity contribution >= 4 is 17.6 Å². The number of benzene rings is 1. The van der Waals surface area contributed by atoms with Crippen molar-refractivity contribution in [2.45, 2.75) is 44.9 Å². The Bertz CT molecular complexity index is 478. The number of carbonyl (C=O) groups is 2. The average Bonchev–Trinajstić information content (AvgIpc) is 2.90. The zero-order valence-electron chi connectivity index (χ0n) is 11.6. The Balaban J connectivity index is 1.93. The molecule has 0 aliphatic heterocycles. The van der Waals surface area contributed by atoms with E-state index in [0.29, 0.717) is 18.8 Å². The van der Waals surface area contributed by atoms with E-state index < -0.39 is 5.97 Å². The van der Waals surface area contributed by atoms with E-state index in [0.717, 1.165) is 24.1 Å². The highest BCUT2D eigenvalue weighted by Gasteiger charge is 2.18. The highest BCUT2D eigenvalue weighted by molar-refractivity contribution is 5.91. The van der Waals surface area contributed by atoms with Gasteiger partial charge in [-0.15, -0.1) is 0 Å². The van der Waals surface area contributed by atoms with Gasteiger partial charge in [0.15, 0.2) is 0 Å². The summed E-state index contributed by atoms with van der Waals surface area (Å²) < 4.78 is 0. The maximum atomic E-state index is 12.0. The van der Waals surface area contributed by atoms with Crippen molar-refractivity contribution in [3.05, 3.63) is 29.8 Å². The van der Waals surface area contributed by atoms with Gasteiger partial charge in [-0.2, -0.15) is 0 Å². The minimum atomic E-state index is -0.822. The molecule has 2 rings (SSSR count). The smallest absolute Gasteiger partial charge is 0.303 e. The lowest BCUT2D eigenvalue weighted by Crippen LogP contribution is -2.16. The third-order valence-electron chi connectivity index (χ3n) is 3.85. The highest BCUT2D eigenvalue weighted by atomic mass is 16.4. The van der Waals surface area contributed by atoms with Gasteiger partial charge in [0.05, 0.1) is 0 Å². The number of anilines is 1. The molecule has 1 saturated carbocycles. The number of amides is 1. The lowest BCUT2D eigenvalue weighted by molar-refractivity contribution is -0.136. The van der Waals surface area contributed by atoms with E-state index in [2.05, 4.69) is 5.32 Å². The van der Waals surface area contributed by atoms with Crippen LogP contribution < -0.4 is 5.32 Å². The summed E-state index contributed by atoms with van der Waals surface area (Å²) in [5, 5.41) is 11.7. The first-order valence-electron chi connectivity index (χ1n) is 7.24. The fourth-order valence-corrected chi connectivity index (χ4v) is 2.78. The lowest BCUT2D eigenvalue weighted by Gasteiger charge is -2.12. The molecular formula is C16H21NO3. The first kappa shape index (κ1) is 14.6. The standard InChI is InChI=1S/C16H21NO3/c18-15(11-12-5-1-2-6-12)17-14-8-4-3-7-13(14)9-10-16(19)20/h3-4,7-8,12H,1-2,5-6,9-11H2,(H,17,18)(H,19,20). The van der Waals surface area contributed by atoms with Crippen LogP contribution in [0, 0.1) is 5.92 Å². The number of nitrogens with one attached hydrogen (secondary N) is 1. The molecule has 0 bridgehead atoms. The number of para-hydroxylation sites is 1. The van der Waals surface area contributed by atoms with Crippen LogP contribution in [0.1, 0.15) is 44.1 Å². The van der Waals surface area contributed by atoms with E-state index in [9.17, 15) is 9.59 Å². The quantitative estimate of drug-likeness (QED) is 0.837. The van der Waals surface area contributed by atoms with E-state index in [1.54, 1.807) is 0 Å². The molecule has 0 heterocycles. The van der Waals surface area contributed by atoms with Crippen molar-refractivity contribution in [3.63, 3.8) is 0 Å². The van der Waals surface area contributed by atoms with Crippen molar-refractivity contribution in [1.82, 2.24) is 0 Å². The van der Waals surface area contributed by atoms with Gasteiger partial charge in [0.25, 0.3) is 0 Å². The van der Waals surface area contributed by atoms with Gasteiger partial charge in [0, 0.05) is 18.5 Å². The molecule has 1 aliphatic carbocycles. The Morgan fingerprint density at radius 3 is 2.60 bits per heavy atom. The number of aliphatic carboxylic acids is 1. The zero-order chi connectivity index (χ0) is 14.4. The van der Waals surface area contributed by atoms with Gasteiger partial charge in [-0.3, -0.25) is 9.59 Å². The molecule has 1 aromatic carbocycles. The van der Waals surface area contributed by atoms with E-state index >= 15 is 0 Å². The van der Waals surface area contributed by atoms with Crippen molar-refractivity contribution in [3.8, 4) is 0 Å². The van der Waals surface area contributed by atoms with Crippen LogP contribution in [0.5, 0.6) is 0 Å². The van der Waals surface area contributed by atoms with Gasteiger partial charge < -0.3 is 10.4 Å². The predicted octanol–water partition coefficient (Wildman–Crippen LogP) is 3.22. The van der Waals surface area contributed by atoms with E-state index in [1.165, 1.54) is 12.8 Å². The van der Waals surface area contributed by atoms with Gasteiger partial charge in [-0.1, -0.05) is 31.0 Å². The molecule has 4 heteroatoms. The Hall–Kier alpha value is -1.84. The number of carbonyl (C=O) groups excluding carboxylic acids is 1. The number of aryl methyl sites for hydroxylation is 1.